The van der Waals surface area contributed by atoms with E-state index < -0.39 is 0 Å². The molecule has 0 spiro atoms. The predicted octanol–water partition coefficient (Wildman–Crippen LogP) is 6.18. The molecule has 3 aromatic carbocycles. The number of urea groups is 1. The molecule has 0 heterocycles. The van der Waals surface area contributed by atoms with E-state index in [1.54, 1.807) is 4.90 Å². The lowest BCUT2D eigenvalue weighted by Crippen LogP contribution is -2.39. The molecule has 5 heteroatoms. The number of amides is 3. The van der Waals surface area contributed by atoms with E-state index in [4.69, 9.17) is 0 Å². The van der Waals surface area contributed by atoms with Crippen molar-refractivity contribution in [3.05, 3.63) is 95.6 Å². The fraction of sp³-hybridized carbons (Fsp3) is 0.259. The van der Waals surface area contributed by atoms with E-state index >= 15 is 0 Å². The third-order valence-electron chi connectivity index (χ3n) is 5.54. The first-order valence-corrected chi connectivity index (χ1v) is 11.0. The van der Waals surface area contributed by atoms with Crippen molar-refractivity contribution in [2.45, 2.75) is 39.7 Å². The van der Waals surface area contributed by atoms with Crippen LogP contribution >= 0.6 is 0 Å². The van der Waals surface area contributed by atoms with Crippen LogP contribution in [0.3, 0.4) is 0 Å². The standard InChI is InChI=1S/C27H31N3O2/c1-4-22-12-16-24(17-13-22)28-26(31)18-19-30(21(3)23-8-6-5-7-9-23)27(32)29-25-14-10-20(2)11-15-25/h5-17,21H,4,18-19H2,1-3H3,(H,28,31)(H,29,32). The average Bonchev–Trinajstić information content (AvgIpc) is 2.81. The summed E-state index contributed by atoms with van der Waals surface area (Å²) in [5.41, 5.74) is 4.85. The van der Waals surface area contributed by atoms with Gasteiger partial charge in [0.25, 0.3) is 0 Å². The van der Waals surface area contributed by atoms with Gasteiger partial charge in [0.1, 0.15) is 0 Å². The highest BCUT2D eigenvalue weighted by Crippen LogP contribution is 2.22. The van der Waals surface area contributed by atoms with E-state index in [1.807, 2.05) is 92.7 Å². The molecule has 166 valence electrons. The molecular weight excluding hydrogens is 398 g/mol. The molecule has 2 N–H and O–H groups in total. The Hall–Kier alpha value is -3.60. The number of aryl methyl sites for hydroxylation is 2. The summed E-state index contributed by atoms with van der Waals surface area (Å²) >= 11 is 0. The zero-order valence-corrected chi connectivity index (χ0v) is 19.0. The third kappa shape index (κ3) is 6.45. The summed E-state index contributed by atoms with van der Waals surface area (Å²) in [5, 5.41) is 5.89. The van der Waals surface area contributed by atoms with Crippen molar-refractivity contribution < 1.29 is 9.59 Å². The van der Waals surface area contributed by atoms with E-state index in [0.717, 1.165) is 28.9 Å². The van der Waals surface area contributed by atoms with Crippen LogP contribution in [0.15, 0.2) is 78.9 Å². The van der Waals surface area contributed by atoms with Crippen LogP contribution in [0.4, 0.5) is 16.2 Å². The summed E-state index contributed by atoms with van der Waals surface area (Å²) < 4.78 is 0. The molecular formula is C27H31N3O2. The molecule has 1 unspecified atom stereocenters. The van der Waals surface area contributed by atoms with Crippen LogP contribution in [-0.2, 0) is 11.2 Å². The summed E-state index contributed by atoms with van der Waals surface area (Å²) in [4.78, 5) is 27.4. The van der Waals surface area contributed by atoms with Gasteiger partial charge in [0.15, 0.2) is 0 Å². The molecule has 3 rings (SSSR count). The molecule has 0 aliphatic rings. The SMILES string of the molecule is CCc1ccc(NC(=O)CCN(C(=O)Nc2ccc(C)cc2)C(C)c2ccccc2)cc1. The second kappa shape index (κ2) is 11.1. The van der Waals surface area contributed by atoms with E-state index in [-0.39, 0.29) is 24.4 Å². The minimum atomic E-state index is -0.231. The van der Waals surface area contributed by atoms with Crippen LogP contribution in [0.5, 0.6) is 0 Å². The van der Waals surface area contributed by atoms with Gasteiger partial charge in [-0.1, -0.05) is 67.1 Å². The third-order valence-corrected chi connectivity index (χ3v) is 5.54. The van der Waals surface area contributed by atoms with Crippen molar-refractivity contribution >= 4 is 23.3 Å². The Balaban J connectivity index is 1.68. The van der Waals surface area contributed by atoms with Crippen molar-refractivity contribution in [1.82, 2.24) is 4.90 Å². The first-order valence-electron chi connectivity index (χ1n) is 11.0. The van der Waals surface area contributed by atoms with E-state index in [0.29, 0.717) is 6.54 Å². The molecule has 0 radical (unpaired) electrons. The molecule has 0 aromatic heterocycles. The largest absolute Gasteiger partial charge is 0.326 e. The highest BCUT2D eigenvalue weighted by molar-refractivity contribution is 5.92. The minimum absolute atomic E-state index is 0.123. The molecule has 1 atom stereocenters. The number of nitrogens with zero attached hydrogens (tertiary/aromatic N) is 1. The second-order valence-electron chi connectivity index (χ2n) is 7.92. The number of carbonyl (C=O) groups is 2. The number of hydrogen-bond donors (Lipinski definition) is 2. The number of nitrogens with one attached hydrogen (secondary N) is 2. The normalized spacial score (nSPS) is 11.5. The molecule has 0 bridgehead atoms. The first kappa shape index (κ1) is 23.1. The molecule has 3 aromatic rings. The lowest BCUT2D eigenvalue weighted by atomic mass is 10.1. The maximum atomic E-state index is 13.1. The number of rotatable bonds is 8. The van der Waals surface area contributed by atoms with Crippen LogP contribution in [0, 0.1) is 6.92 Å². The van der Waals surface area contributed by atoms with Gasteiger partial charge in [-0.05, 0) is 55.7 Å². The number of anilines is 2. The summed E-state index contributed by atoms with van der Waals surface area (Å²) in [6, 6.07) is 24.9. The smallest absolute Gasteiger partial charge is 0.322 e. The molecule has 0 saturated carbocycles. The van der Waals surface area contributed by atoms with Gasteiger partial charge < -0.3 is 15.5 Å². The highest BCUT2D eigenvalue weighted by atomic mass is 16.2. The molecule has 0 saturated heterocycles. The monoisotopic (exact) mass is 429 g/mol. The van der Waals surface area contributed by atoms with Crippen molar-refractivity contribution in [3.8, 4) is 0 Å². The zero-order chi connectivity index (χ0) is 22.9. The second-order valence-corrected chi connectivity index (χ2v) is 7.92. The Morgan fingerprint density at radius 2 is 1.44 bits per heavy atom. The van der Waals surface area contributed by atoms with Crippen LogP contribution in [0.25, 0.3) is 0 Å². The Morgan fingerprint density at radius 3 is 2.06 bits per heavy atom. The van der Waals surface area contributed by atoms with Crippen LogP contribution < -0.4 is 10.6 Å². The summed E-state index contributed by atoms with van der Waals surface area (Å²) in [7, 11) is 0. The molecule has 0 fully saturated rings. The lowest BCUT2D eigenvalue weighted by molar-refractivity contribution is -0.116. The van der Waals surface area contributed by atoms with Crippen LogP contribution in [0.1, 0.15) is 43.0 Å². The molecule has 0 aliphatic heterocycles. The van der Waals surface area contributed by atoms with Crippen LogP contribution in [0.2, 0.25) is 0 Å². The number of hydrogen-bond acceptors (Lipinski definition) is 2. The van der Waals surface area contributed by atoms with Gasteiger partial charge >= 0.3 is 6.03 Å². The molecule has 32 heavy (non-hydrogen) atoms. The maximum Gasteiger partial charge on any atom is 0.322 e. The summed E-state index contributed by atoms with van der Waals surface area (Å²) in [5.74, 6) is -0.123. The number of benzene rings is 3. The van der Waals surface area contributed by atoms with Gasteiger partial charge in [-0.3, -0.25) is 4.79 Å². The van der Waals surface area contributed by atoms with E-state index in [1.165, 1.54) is 5.56 Å². The first-order chi connectivity index (χ1) is 15.5. The Morgan fingerprint density at radius 1 is 0.844 bits per heavy atom. The van der Waals surface area contributed by atoms with Crippen molar-refractivity contribution in [2.24, 2.45) is 0 Å². The topological polar surface area (TPSA) is 61.4 Å². The van der Waals surface area contributed by atoms with Gasteiger partial charge in [-0.25, -0.2) is 4.79 Å². The summed E-state index contributed by atoms with van der Waals surface area (Å²) in [6.07, 6.45) is 1.16. The van der Waals surface area contributed by atoms with Gasteiger partial charge in [0, 0.05) is 24.3 Å². The minimum Gasteiger partial charge on any atom is -0.326 e. The predicted molar refractivity (Wildman–Crippen MR) is 131 cm³/mol. The maximum absolute atomic E-state index is 13.1. The Labute approximate surface area is 190 Å². The Bertz CT molecular complexity index is 1020. The fourth-order valence-corrected chi connectivity index (χ4v) is 3.48. The van der Waals surface area contributed by atoms with Gasteiger partial charge in [0.2, 0.25) is 5.91 Å². The quantitative estimate of drug-likeness (QED) is 0.449. The van der Waals surface area contributed by atoms with E-state index in [9.17, 15) is 9.59 Å². The zero-order valence-electron chi connectivity index (χ0n) is 19.0. The van der Waals surface area contributed by atoms with Gasteiger partial charge in [-0.15, -0.1) is 0 Å². The number of carbonyl (C=O) groups excluding carboxylic acids is 2. The summed E-state index contributed by atoms with van der Waals surface area (Å²) in [6.45, 7) is 6.37. The Kier molecular flexibility index (Phi) is 8.03. The lowest BCUT2D eigenvalue weighted by Gasteiger charge is -2.29. The van der Waals surface area contributed by atoms with Crippen molar-refractivity contribution in [1.29, 1.82) is 0 Å². The fourth-order valence-electron chi connectivity index (χ4n) is 3.48. The van der Waals surface area contributed by atoms with Crippen molar-refractivity contribution in [2.75, 3.05) is 17.2 Å². The highest BCUT2D eigenvalue weighted by Gasteiger charge is 2.22. The van der Waals surface area contributed by atoms with Gasteiger partial charge in [0.05, 0.1) is 6.04 Å². The van der Waals surface area contributed by atoms with Crippen molar-refractivity contribution in [3.63, 3.8) is 0 Å². The molecule has 3 amide bonds. The van der Waals surface area contributed by atoms with E-state index in [2.05, 4.69) is 17.6 Å². The van der Waals surface area contributed by atoms with Crippen LogP contribution in [-0.4, -0.2) is 23.4 Å². The van der Waals surface area contributed by atoms with Gasteiger partial charge in [-0.2, -0.15) is 0 Å². The average molecular weight is 430 g/mol. The molecule has 5 nitrogen and oxygen atoms in total. The molecule has 0 aliphatic carbocycles.